The van der Waals surface area contributed by atoms with Crippen LogP contribution in [0, 0.1) is 0 Å². The van der Waals surface area contributed by atoms with Crippen LogP contribution in [0.2, 0.25) is 0 Å². The number of fused-ring (bicyclic) bond motifs is 2. The number of aromatic nitrogens is 3. The zero-order valence-electron chi connectivity index (χ0n) is 16.4. The molecule has 0 bridgehead atoms. The Morgan fingerprint density at radius 3 is 2.67 bits per heavy atom. The summed E-state index contributed by atoms with van der Waals surface area (Å²) < 4.78 is 3.97. The smallest absolute Gasteiger partial charge is 0.329 e. The van der Waals surface area contributed by atoms with Crippen LogP contribution >= 0.6 is 11.3 Å². The third-order valence-electron chi connectivity index (χ3n) is 5.21. The molecule has 0 fully saturated rings. The molecule has 0 aliphatic heterocycles. The number of aliphatic carboxylic acids is 1. The second-order valence-corrected chi connectivity index (χ2v) is 8.32. The van der Waals surface area contributed by atoms with Gasteiger partial charge in [0.15, 0.2) is 0 Å². The number of hydrogen-bond acceptors (Lipinski definition) is 4. The summed E-state index contributed by atoms with van der Waals surface area (Å²) in [5.74, 6) is -0.938. The number of benzene rings is 2. The molecule has 1 unspecified atom stereocenters. The Labute approximate surface area is 177 Å². The van der Waals surface area contributed by atoms with Gasteiger partial charge in [-0.2, -0.15) is 0 Å². The topological polar surface area (TPSA) is 97.1 Å². The van der Waals surface area contributed by atoms with Gasteiger partial charge in [-0.1, -0.05) is 48.3 Å². The molecule has 9 heteroatoms. The summed E-state index contributed by atoms with van der Waals surface area (Å²) >= 11 is 1.08. The van der Waals surface area contributed by atoms with Crippen molar-refractivity contribution >= 4 is 51.9 Å². The van der Waals surface area contributed by atoms with Crippen LogP contribution in [0.4, 0.5) is 0 Å². The van der Waals surface area contributed by atoms with Crippen molar-refractivity contribution in [2.75, 3.05) is 0 Å². The van der Waals surface area contributed by atoms with Gasteiger partial charge in [0, 0.05) is 6.04 Å². The van der Waals surface area contributed by atoms with E-state index in [1.807, 2.05) is 31.2 Å². The Bertz CT molecular complexity index is 1360. The molecular formula is C21H20BN3O4S. The SMILES string of the molecule is [B]c1cc(Cn2c(=O)n(C(CCC)CC(=O)O)c3ccccc32)c2sc(=O)[nH]c2c1. The first-order valence-corrected chi connectivity index (χ1v) is 10.5. The van der Waals surface area contributed by atoms with Crippen LogP contribution in [0.25, 0.3) is 21.3 Å². The molecule has 2 N–H and O–H groups in total. The van der Waals surface area contributed by atoms with Gasteiger partial charge < -0.3 is 10.1 Å². The van der Waals surface area contributed by atoms with E-state index in [0.717, 1.165) is 28.0 Å². The summed E-state index contributed by atoms with van der Waals surface area (Å²) in [6.45, 7) is 2.20. The number of nitrogens with zero attached hydrogens (tertiary/aromatic N) is 2. The zero-order chi connectivity index (χ0) is 21.4. The fourth-order valence-electron chi connectivity index (χ4n) is 4.04. The van der Waals surface area contributed by atoms with Gasteiger partial charge in [0.2, 0.25) is 0 Å². The minimum atomic E-state index is -0.938. The van der Waals surface area contributed by atoms with E-state index in [1.54, 1.807) is 21.3 Å². The standard InChI is InChI=1S/C21H20BN3O4S/c1-2-5-14(10-18(26)27)25-17-7-4-3-6-16(17)24(21(25)29)11-12-8-13(22)9-15-19(12)30-20(28)23-15/h3-4,6-9,14H,2,5,10-11H2,1H3,(H,23,28)(H,26,27). The first-order valence-electron chi connectivity index (χ1n) is 9.71. The molecule has 0 spiro atoms. The van der Waals surface area contributed by atoms with Crippen LogP contribution in [-0.4, -0.2) is 33.0 Å². The van der Waals surface area contributed by atoms with Gasteiger partial charge in [-0.05, 0) is 30.2 Å². The van der Waals surface area contributed by atoms with Crippen molar-refractivity contribution in [3.63, 3.8) is 0 Å². The van der Waals surface area contributed by atoms with Gasteiger partial charge in [-0.25, -0.2) is 4.79 Å². The molecule has 7 nitrogen and oxygen atoms in total. The lowest BCUT2D eigenvalue weighted by Gasteiger charge is -2.16. The number of carbonyl (C=O) groups is 1. The van der Waals surface area contributed by atoms with Crippen LogP contribution in [0.1, 0.15) is 37.8 Å². The predicted molar refractivity (Wildman–Crippen MR) is 119 cm³/mol. The maximum atomic E-state index is 13.5. The molecule has 2 radical (unpaired) electrons. The summed E-state index contributed by atoms with van der Waals surface area (Å²) in [5, 5.41) is 9.36. The summed E-state index contributed by atoms with van der Waals surface area (Å²) in [6.07, 6.45) is 1.23. The quantitative estimate of drug-likeness (QED) is 0.448. The second-order valence-electron chi connectivity index (χ2n) is 7.34. The molecule has 0 aliphatic carbocycles. The van der Waals surface area contributed by atoms with E-state index in [1.165, 1.54) is 0 Å². The number of carboxylic acid groups (broad SMARTS) is 1. The molecule has 4 aromatic rings. The van der Waals surface area contributed by atoms with Gasteiger partial charge in [-0.3, -0.25) is 18.7 Å². The number of imidazole rings is 1. The molecule has 1 atom stereocenters. The number of aromatic amines is 1. The number of rotatable bonds is 7. The lowest BCUT2D eigenvalue weighted by atomic mass is 9.94. The zero-order valence-corrected chi connectivity index (χ0v) is 17.2. The highest BCUT2D eigenvalue weighted by molar-refractivity contribution is 7.16. The third kappa shape index (κ3) is 3.61. The van der Waals surface area contributed by atoms with E-state index < -0.39 is 12.0 Å². The Kier molecular flexibility index (Phi) is 5.38. The normalized spacial score (nSPS) is 12.6. The van der Waals surface area contributed by atoms with Gasteiger partial charge in [-0.15, -0.1) is 0 Å². The van der Waals surface area contributed by atoms with Crippen LogP contribution in [0.15, 0.2) is 46.0 Å². The lowest BCUT2D eigenvalue weighted by Crippen LogP contribution is -2.29. The fraction of sp³-hybridized carbons (Fsp3) is 0.286. The Hall–Kier alpha value is -3.07. The Morgan fingerprint density at radius 2 is 1.97 bits per heavy atom. The molecule has 0 saturated carbocycles. The maximum absolute atomic E-state index is 13.5. The molecule has 2 aromatic heterocycles. The second kappa shape index (κ2) is 7.99. The first kappa shape index (κ1) is 20.2. The van der Waals surface area contributed by atoms with E-state index >= 15 is 0 Å². The van der Waals surface area contributed by atoms with Gasteiger partial charge in [0.1, 0.15) is 7.85 Å². The van der Waals surface area contributed by atoms with Crippen molar-refractivity contribution in [3.05, 3.63) is 62.1 Å². The van der Waals surface area contributed by atoms with Gasteiger partial charge in [0.25, 0.3) is 0 Å². The van der Waals surface area contributed by atoms with Crippen molar-refractivity contribution in [2.24, 2.45) is 0 Å². The van der Waals surface area contributed by atoms with Crippen molar-refractivity contribution in [1.82, 2.24) is 14.1 Å². The van der Waals surface area contributed by atoms with Crippen LogP contribution in [0.5, 0.6) is 0 Å². The molecule has 0 saturated heterocycles. The van der Waals surface area contributed by atoms with Gasteiger partial charge in [0.05, 0.1) is 34.2 Å². The molecule has 30 heavy (non-hydrogen) atoms. The van der Waals surface area contributed by atoms with E-state index in [0.29, 0.717) is 28.4 Å². The minimum Gasteiger partial charge on any atom is -0.481 e. The predicted octanol–water partition coefficient (Wildman–Crippen LogP) is 2.36. The molecule has 0 amide bonds. The molecule has 2 heterocycles. The molecule has 0 aliphatic rings. The van der Waals surface area contributed by atoms with E-state index in [2.05, 4.69) is 4.98 Å². The highest BCUT2D eigenvalue weighted by atomic mass is 32.1. The van der Waals surface area contributed by atoms with Crippen molar-refractivity contribution < 1.29 is 9.90 Å². The fourth-order valence-corrected chi connectivity index (χ4v) is 4.86. The number of carboxylic acids is 1. The average molecular weight is 421 g/mol. The Morgan fingerprint density at radius 1 is 1.23 bits per heavy atom. The summed E-state index contributed by atoms with van der Waals surface area (Å²) in [4.78, 5) is 39.3. The molecule has 2 aromatic carbocycles. The monoisotopic (exact) mass is 421 g/mol. The lowest BCUT2D eigenvalue weighted by molar-refractivity contribution is -0.137. The Balaban J connectivity index is 1.91. The van der Waals surface area contributed by atoms with Crippen LogP contribution < -0.4 is 16.0 Å². The first-order chi connectivity index (χ1) is 14.4. The van der Waals surface area contributed by atoms with E-state index in [-0.39, 0.29) is 23.5 Å². The van der Waals surface area contributed by atoms with Gasteiger partial charge >= 0.3 is 16.5 Å². The maximum Gasteiger partial charge on any atom is 0.329 e. The third-order valence-corrected chi connectivity index (χ3v) is 6.19. The number of hydrogen-bond donors (Lipinski definition) is 2. The van der Waals surface area contributed by atoms with Crippen LogP contribution in [-0.2, 0) is 11.3 Å². The number of H-pyrrole nitrogens is 1. The minimum absolute atomic E-state index is 0.121. The molecular weight excluding hydrogens is 401 g/mol. The van der Waals surface area contributed by atoms with E-state index in [9.17, 15) is 19.5 Å². The van der Waals surface area contributed by atoms with Crippen molar-refractivity contribution in [2.45, 2.75) is 38.8 Å². The summed E-state index contributed by atoms with van der Waals surface area (Å²) in [6, 6.07) is 10.4. The number of para-hydroxylation sites is 2. The number of nitrogens with one attached hydrogen (secondary N) is 1. The molecule has 4 rings (SSSR count). The highest BCUT2D eigenvalue weighted by Gasteiger charge is 2.22. The average Bonchev–Trinajstić information content (AvgIpc) is 3.18. The summed E-state index contributed by atoms with van der Waals surface area (Å²) in [7, 11) is 6.01. The van der Waals surface area contributed by atoms with Crippen molar-refractivity contribution in [1.29, 1.82) is 0 Å². The molecule has 152 valence electrons. The number of thiazole rings is 1. The summed E-state index contributed by atoms with van der Waals surface area (Å²) in [5.41, 5.74) is 3.06. The van der Waals surface area contributed by atoms with Crippen LogP contribution in [0.3, 0.4) is 0 Å². The largest absolute Gasteiger partial charge is 0.481 e. The van der Waals surface area contributed by atoms with E-state index in [4.69, 9.17) is 7.85 Å². The van der Waals surface area contributed by atoms with Crippen molar-refractivity contribution in [3.8, 4) is 0 Å². The highest BCUT2D eigenvalue weighted by Crippen LogP contribution is 2.25.